The van der Waals surface area contributed by atoms with E-state index in [0.717, 1.165) is 19.4 Å². The van der Waals surface area contributed by atoms with E-state index < -0.39 is 0 Å². The largest absolute Gasteiger partial charge is 0.366 e. The van der Waals surface area contributed by atoms with Gasteiger partial charge in [-0.15, -0.1) is 0 Å². The van der Waals surface area contributed by atoms with E-state index in [1.807, 2.05) is 18.2 Å². The zero-order valence-corrected chi connectivity index (χ0v) is 13.0. The molecular formula is C17H26N2O2. The van der Waals surface area contributed by atoms with Crippen molar-refractivity contribution in [3.05, 3.63) is 35.9 Å². The Labute approximate surface area is 127 Å². The van der Waals surface area contributed by atoms with Crippen LogP contribution < -0.4 is 10.6 Å². The number of benzene rings is 1. The van der Waals surface area contributed by atoms with E-state index in [1.54, 1.807) is 0 Å². The van der Waals surface area contributed by atoms with E-state index in [9.17, 15) is 4.79 Å². The standard InChI is InChI=1S/C17H26N2O2/c1-3-13(4-2)16(14-8-6-5-7-9-14)19-17(20)15-12-18-10-11-21-15/h5-9,13,15-16,18H,3-4,10-12H2,1-2H3,(H,19,20). The highest BCUT2D eigenvalue weighted by Crippen LogP contribution is 2.27. The van der Waals surface area contributed by atoms with Gasteiger partial charge in [0.25, 0.3) is 5.91 Å². The summed E-state index contributed by atoms with van der Waals surface area (Å²) in [6, 6.07) is 10.3. The summed E-state index contributed by atoms with van der Waals surface area (Å²) >= 11 is 0. The molecule has 1 aliphatic rings. The molecule has 1 saturated heterocycles. The second kappa shape index (κ2) is 8.15. The van der Waals surface area contributed by atoms with Crippen LogP contribution >= 0.6 is 0 Å². The van der Waals surface area contributed by atoms with Crippen LogP contribution in [0.3, 0.4) is 0 Å². The molecule has 1 heterocycles. The lowest BCUT2D eigenvalue weighted by Crippen LogP contribution is -2.49. The van der Waals surface area contributed by atoms with E-state index in [1.165, 1.54) is 5.56 Å². The van der Waals surface area contributed by atoms with Crippen LogP contribution in [0.25, 0.3) is 0 Å². The second-order valence-corrected chi connectivity index (χ2v) is 5.54. The van der Waals surface area contributed by atoms with Gasteiger partial charge in [-0.1, -0.05) is 57.0 Å². The number of rotatable bonds is 6. The third kappa shape index (κ3) is 4.29. The van der Waals surface area contributed by atoms with Crippen molar-refractivity contribution in [1.82, 2.24) is 10.6 Å². The second-order valence-electron chi connectivity index (χ2n) is 5.54. The van der Waals surface area contributed by atoms with Crippen LogP contribution in [0.15, 0.2) is 30.3 Å². The first-order chi connectivity index (χ1) is 10.3. The summed E-state index contributed by atoms with van der Waals surface area (Å²) in [7, 11) is 0. The van der Waals surface area contributed by atoms with Gasteiger partial charge in [-0.25, -0.2) is 0 Å². The van der Waals surface area contributed by atoms with Crippen molar-refractivity contribution in [1.29, 1.82) is 0 Å². The van der Waals surface area contributed by atoms with Gasteiger partial charge >= 0.3 is 0 Å². The number of hydrogen-bond donors (Lipinski definition) is 2. The SMILES string of the molecule is CCC(CC)C(NC(=O)C1CNCCO1)c1ccccc1. The summed E-state index contributed by atoms with van der Waals surface area (Å²) in [5.74, 6) is 0.427. The van der Waals surface area contributed by atoms with Crippen molar-refractivity contribution in [2.24, 2.45) is 5.92 Å². The van der Waals surface area contributed by atoms with Crippen LogP contribution in [0.1, 0.15) is 38.3 Å². The van der Waals surface area contributed by atoms with Gasteiger partial charge < -0.3 is 15.4 Å². The molecule has 0 aromatic heterocycles. The Balaban J connectivity index is 2.10. The molecule has 1 aliphatic heterocycles. The molecule has 21 heavy (non-hydrogen) atoms. The quantitative estimate of drug-likeness (QED) is 0.845. The fourth-order valence-corrected chi connectivity index (χ4v) is 2.87. The first-order valence-corrected chi connectivity index (χ1v) is 7.93. The van der Waals surface area contributed by atoms with Gasteiger partial charge in [0.2, 0.25) is 0 Å². The summed E-state index contributed by atoms with van der Waals surface area (Å²) < 4.78 is 5.55. The van der Waals surface area contributed by atoms with Gasteiger partial charge in [0.15, 0.2) is 0 Å². The van der Waals surface area contributed by atoms with Gasteiger partial charge in [-0.05, 0) is 11.5 Å². The number of carbonyl (C=O) groups is 1. The molecule has 0 aliphatic carbocycles. The summed E-state index contributed by atoms with van der Waals surface area (Å²) in [6.07, 6.45) is 1.71. The van der Waals surface area contributed by atoms with Gasteiger partial charge in [0.05, 0.1) is 12.6 Å². The Bertz CT molecular complexity index is 426. The molecule has 116 valence electrons. The van der Waals surface area contributed by atoms with Crippen molar-refractivity contribution in [2.45, 2.75) is 38.8 Å². The summed E-state index contributed by atoms with van der Waals surface area (Å²) in [6.45, 7) is 6.36. The average Bonchev–Trinajstić information content (AvgIpc) is 2.56. The zero-order chi connectivity index (χ0) is 15.1. The number of morpholine rings is 1. The van der Waals surface area contributed by atoms with E-state index >= 15 is 0 Å². The Hall–Kier alpha value is -1.39. The number of ether oxygens (including phenoxy) is 1. The predicted molar refractivity (Wildman–Crippen MR) is 84.0 cm³/mol. The minimum Gasteiger partial charge on any atom is -0.366 e. The third-order valence-electron chi connectivity index (χ3n) is 4.20. The first-order valence-electron chi connectivity index (χ1n) is 7.93. The Kier molecular flexibility index (Phi) is 6.21. The van der Waals surface area contributed by atoms with Crippen molar-refractivity contribution in [3.8, 4) is 0 Å². The molecule has 0 saturated carbocycles. The molecular weight excluding hydrogens is 264 g/mol. The maximum Gasteiger partial charge on any atom is 0.250 e. The van der Waals surface area contributed by atoms with E-state index in [2.05, 4.69) is 36.6 Å². The topological polar surface area (TPSA) is 50.4 Å². The van der Waals surface area contributed by atoms with Gasteiger partial charge in [0.1, 0.15) is 6.10 Å². The lowest BCUT2D eigenvalue weighted by molar-refractivity contribution is -0.135. The summed E-state index contributed by atoms with van der Waals surface area (Å²) in [5.41, 5.74) is 1.17. The lowest BCUT2D eigenvalue weighted by Gasteiger charge is -2.30. The number of carbonyl (C=O) groups excluding carboxylic acids is 1. The molecule has 2 unspecified atom stereocenters. The van der Waals surface area contributed by atoms with Crippen LogP contribution in [0.5, 0.6) is 0 Å². The van der Waals surface area contributed by atoms with Gasteiger partial charge in [0, 0.05) is 13.1 Å². The minimum atomic E-state index is -0.376. The first kappa shape index (κ1) is 16.0. The van der Waals surface area contributed by atoms with E-state index in [4.69, 9.17) is 4.74 Å². The Morgan fingerprint density at radius 3 is 2.62 bits per heavy atom. The van der Waals surface area contributed by atoms with Crippen molar-refractivity contribution in [3.63, 3.8) is 0 Å². The highest BCUT2D eigenvalue weighted by molar-refractivity contribution is 5.81. The van der Waals surface area contributed by atoms with Crippen LogP contribution in [0.2, 0.25) is 0 Å². The lowest BCUT2D eigenvalue weighted by atomic mass is 9.88. The average molecular weight is 290 g/mol. The van der Waals surface area contributed by atoms with Gasteiger partial charge in [-0.2, -0.15) is 0 Å². The molecule has 1 aromatic carbocycles. The maximum atomic E-state index is 12.4. The fourth-order valence-electron chi connectivity index (χ4n) is 2.87. The smallest absolute Gasteiger partial charge is 0.250 e. The number of nitrogens with one attached hydrogen (secondary N) is 2. The molecule has 1 fully saturated rings. The Morgan fingerprint density at radius 2 is 2.05 bits per heavy atom. The highest BCUT2D eigenvalue weighted by atomic mass is 16.5. The summed E-state index contributed by atoms with van der Waals surface area (Å²) in [5, 5.41) is 6.40. The van der Waals surface area contributed by atoms with Crippen LogP contribution in [0, 0.1) is 5.92 Å². The maximum absolute atomic E-state index is 12.4. The Morgan fingerprint density at radius 1 is 1.33 bits per heavy atom. The zero-order valence-electron chi connectivity index (χ0n) is 13.0. The molecule has 1 aromatic rings. The molecule has 0 bridgehead atoms. The van der Waals surface area contributed by atoms with Crippen molar-refractivity contribution < 1.29 is 9.53 Å². The van der Waals surface area contributed by atoms with Crippen LogP contribution in [0.4, 0.5) is 0 Å². The molecule has 0 spiro atoms. The molecule has 2 rings (SSSR count). The van der Waals surface area contributed by atoms with Crippen molar-refractivity contribution in [2.75, 3.05) is 19.7 Å². The number of hydrogen-bond acceptors (Lipinski definition) is 3. The number of amides is 1. The van der Waals surface area contributed by atoms with Crippen LogP contribution in [-0.4, -0.2) is 31.7 Å². The molecule has 2 atom stereocenters. The van der Waals surface area contributed by atoms with Gasteiger partial charge in [-0.3, -0.25) is 4.79 Å². The monoisotopic (exact) mass is 290 g/mol. The van der Waals surface area contributed by atoms with Crippen molar-refractivity contribution >= 4 is 5.91 Å². The highest BCUT2D eigenvalue weighted by Gasteiger charge is 2.27. The van der Waals surface area contributed by atoms with Crippen LogP contribution in [-0.2, 0) is 9.53 Å². The molecule has 4 nitrogen and oxygen atoms in total. The van der Waals surface area contributed by atoms with E-state index in [-0.39, 0.29) is 18.1 Å². The third-order valence-corrected chi connectivity index (χ3v) is 4.20. The molecule has 1 amide bonds. The molecule has 2 N–H and O–H groups in total. The molecule has 4 heteroatoms. The minimum absolute atomic E-state index is 0.0112. The predicted octanol–water partition coefficient (Wildman–Crippen LogP) is 2.27. The summed E-state index contributed by atoms with van der Waals surface area (Å²) in [4.78, 5) is 12.4. The molecule has 0 radical (unpaired) electrons. The normalized spacial score (nSPS) is 20.2. The van der Waals surface area contributed by atoms with E-state index in [0.29, 0.717) is 19.1 Å². The fraction of sp³-hybridized carbons (Fsp3) is 0.588.